The quantitative estimate of drug-likeness (QED) is 0.576. The molecule has 0 aliphatic carbocycles. The van der Waals surface area contributed by atoms with E-state index in [0.717, 1.165) is 13.1 Å². The summed E-state index contributed by atoms with van der Waals surface area (Å²) in [6.07, 6.45) is 0.00463. The molecule has 0 saturated heterocycles. The van der Waals surface area contributed by atoms with E-state index in [0.29, 0.717) is 6.04 Å². The first-order valence-electron chi connectivity index (χ1n) is 4.37. The second-order valence-corrected chi connectivity index (χ2v) is 2.99. The third-order valence-electron chi connectivity index (χ3n) is 1.71. The Morgan fingerprint density at radius 3 is 2.00 bits per heavy atom. The van der Waals surface area contributed by atoms with E-state index in [1.54, 1.807) is 0 Å². The first-order valence-corrected chi connectivity index (χ1v) is 4.37. The van der Waals surface area contributed by atoms with Crippen LogP contribution in [0.25, 0.3) is 0 Å². The molecule has 0 fully saturated rings. The summed E-state index contributed by atoms with van der Waals surface area (Å²) in [6, 6.07) is 0.450. The molecule has 3 heteroatoms. The fourth-order valence-electron chi connectivity index (χ4n) is 1.06. The highest BCUT2D eigenvalue weighted by Crippen LogP contribution is 1.90. The number of rotatable bonds is 5. The van der Waals surface area contributed by atoms with Gasteiger partial charge in [0.2, 0.25) is 0 Å². The van der Waals surface area contributed by atoms with E-state index in [9.17, 15) is 0 Å². The van der Waals surface area contributed by atoms with Gasteiger partial charge in [0.1, 0.15) is 6.29 Å². The molecular weight excluding hydrogens is 138 g/mol. The topological polar surface area (TPSA) is 41.3 Å². The van der Waals surface area contributed by atoms with E-state index < -0.39 is 0 Å². The summed E-state index contributed by atoms with van der Waals surface area (Å²) < 4.78 is 0. The second kappa shape index (κ2) is 5.52. The Morgan fingerprint density at radius 2 is 1.73 bits per heavy atom. The summed E-state index contributed by atoms with van der Waals surface area (Å²) in [6.45, 7) is 10.4. The predicted molar refractivity (Wildman–Crippen MR) is 49.2 cm³/mol. The molecule has 0 aliphatic heterocycles. The van der Waals surface area contributed by atoms with Gasteiger partial charge in [0, 0.05) is 6.04 Å². The Bertz CT molecular complexity index is 89.3. The fraction of sp³-hybridized carbons (Fsp3) is 1.00. The van der Waals surface area contributed by atoms with Crippen LogP contribution in [0.1, 0.15) is 27.7 Å². The van der Waals surface area contributed by atoms with Gasteiger partial charge in [-0.2, -0.15) is 0 Å². The van der Waals surface area contributed by atoms with Crippen molar-refractivity contribution in [2.75, 3.05) is 13.1 Å². The number of hydrogen-bond donors (Lipinski definition) is 2. The molecule has 1 atom stereocenters. The van der Waals surface area contributed by atoms with Crippen LogP contribution >= 0.6 is 0 Å². The summed E-state index contributed by atoms with van der Waals surface area (Å²) in [7, 11) is 0. The molecule has 3 N–H and O–H groups in total. The maximum absolute atomic E-state index is 5.85. The van der Waals surface area contributed by atoms with Crippen molar-refractivity contribution in [1.82, 2.24) is 10.2 Å². The van der Waals surface area contributed by atoms with Gasteiger partial charge in [0.15, 0.2) is 0 Å². The lowest BCUT2D eigenvalue weighted by molar-refractivity contribution is 0.177. The Kier molecular flexibility index (Phi) is 5.46. The van der Waals surface area contributed by atoms with Gasteiger partial charge in [-0.1, -0.05) is 13.8 Å². The molecule has 68 valence electrons. The monoisotopic (exact) mass is 159 g/mol. The molecule has 0 aromatic rings. The molecule has 0 rings (SSSR count). The minimum Gasteiger partial charge on any atom is -0.303 e. The summed E-state index contributed by atoms with van der Waals surface area (Å²) in [4.78, 5) is 2.18. The minimum absolute atomic E-state index is 0.00463. The Hall–Kier alpha value is -0.120. The van der Waals surface area contributed by atoms with Gasteiger partial charge < -0.3 is 5.73 Å². The maximum atomic E-state index is 5.85. The molecule has 0 aliphatic rings. The third-order valence-corrected chi connectivity index (χ3v) is 1.71. The number of hydrogen-bond acceptors (Lipinski definition) is 3. The van der Waals surface area contributed by atoms with Crippen molar-refractivity contribution < 1.29 is 0 Å². The van der Waals surface area contributed by atoms with E-state index in [1.165, 1.54) is 0 Å². The Morgan fingerprint density at radius 1 is 1.27 bits per heavy atom. The van der Waals surface area contributed by atoms with Crippen molar-refractivity contribution in [1.29, 1.82) is 0 Å². The van der Waals surface area contributed by atoms with Crippen LogP contribution in [0.3, 0.4) is 0 Å². The molecule has 0 aromatic carbocycles. The van der Waals surface area contributed by atoms with Gasteiger partial charge in [0.25, 0.3) is 0 Å². The molecule has 3 nitrogen and oxygen atoms in total. The first-order chi connectivity index (χ1) is 5.11. The molecule has 0 aromatic heterocycles. The molecular formula is C8H21N3. The van der Waals surface area contributed by atoms with Crippen LogP contribution in [-0.2, 0) is 0 Å². The number of nitrogens with zero attached hydrogens (tertiary/aromatic N) is 1. The highest BCUT2D eigenvalue weighted by atomic mass is 15.3. The highest BCUT2D eigenvalue weighted by molar-refractivity contribution is 4.63. The third kappa shape index (κ3) is 4.35. The molecule has 0 radical (unpaired) electrons. The second-order valence-electron chi connectivity index (χ2n) is 2.99. The van der Waals surface area contributed by atoms with Crippen LogP contribution in [0.2, 0.25) is 0 Å². The van der Waals surface area contributed by atoms with Crippen molar-refractivity contribution in [2.24, 2.45) is 5.73 Å². The number of nitrogens with two attached hydrogens (primary N) is 1. The first kappa shape index (κ1) is 10.9. The largest absolute Gasteiger partial charge is 0.303 e. The zero-order chi connectivity index (χ0) is 8.85. The highest BCUT2D eigenvalue weighted by Gasteiger charge is 2.09. The number of nitrogens with one attached hydrogen (secondary N) is 1. The summed E-state index contributed by atoms with van der Waals surface area (Å²) in [5, 5.41) is 3.25. The van der Waals surface area contributed by atoms with Crippen molar-refractivity contribution in [3.63, 3.8) is 0 Å². The lowest BCUT2D eigenvalue weighted by Gasteiger charge is -2.28. The van der Waals surface area contributed by atoms with Crippen LogP contribution in [0.15, 0.2) is 0 Å². The van der Waals surface area contributed by atoms with E-state index >= 15 is 0 Å². The average Bonchev–Trinajstić information content (AvgIpc) is 1.88. The van der Waals surface area contributed by atoms with Gasteiger partial charge in [-0.3, -0.25) is 10.2 Å². The molecule has 1 unspecified atom stereocenters. The van der Waals surface area contributed by atoms with E-state index in [2.05, 4.69) is 37.9 Å². The van der Waals surface area contributed by atoms with Gasteiger partial charge in [-0.15, -0.1) is 0 Å². The molecule has 0 amide bonds. The summed E-state index contributed by atoms with van der Waals surface area (Å²) in [5.74, 6) is 0. The molecule has 0 saturated carbocycles. The van der Waals surface area contributed by atoms with Gasteiger partial charge >= 0.3 is 0 Å². The van der Waals surface area contributed by atoms with Crippen LogP contribution in [0.5, 0.6) is 0 Å². The van der Waals surface area contributed by atoms with Crippen LogP contribution in [-0.4, -0.2) is 30.3 Å². The summed E-state index contributed by atoms with van der Waals surface area (Å²) in [5.41, 5.74) is 5.85. The fourth-order valence-corrected chi connectivity index (χ4v) is 1.06. The van der Waals surface area contributed by atoms with Crippen LogP contribution < -0.4 is 11.1 Å². The standard InChI is InChI=1S/C8H21N3/c1-5-11(6-2)8(9)10-7(3)4/h7-8,10H,5-6,9H2,1-4H3. The lowest BCUT2D eigenvalue weighted by atomic mass is 10.4. The van der Waals surface area contributed by atoms with Crippen molar-refractivity contribution in [3.8, 4) is 0 Å². The molecule has 0 bridgehead atoms. The Labute approximate surface area is 69.9 Å². The van der Waals surface area contributed by atoms with E-state index in [-0.39, 0.29) is 6.29 Å². The van der Waals surface area contributed by atoms with E-state index in [1.807, 2.05) is 0 Å². The Balaban J connectivity index is 3.68. The smallest absolute Gasteiger partial charge is 0.112 e. The minimum atomic E-state index is 0.00463. The van der Waals surface area contributed by atoms with Gasteiger partial charge in [-0.05, 0) is 26.9 Å². The normalized spacial score (nSPS) is 14.5. The van der Waals surface area contributed by atoms with Crippen LogP contribution in [0, 0.1) is 0 Å². The molecule has 0 heterocycles. The van der Waals surface area contributed by atoms with Gasteiger partial charge in [0.05, 0.1) is 0 Å². The lowest BCUT2D eigenvalue weighted by Crippen LogP contribution is -2.53. The van der Waals surface area contributed by atoms with Crippen LogP contribution in [0.4, 0.5) is 0 Å². The SMILES string of the molecule is CCN(CC)C(N)NC(C)C. The zero-order valence-corrected chi connectivity index (χ0v) is 8.09. The van der Waals surface area contributed by atoms with Crippen molar-refractivity contribution >= 4 is 0 Å². The van der Waals surface area contributed by atoms with Gasteiger partial charge in [-0.25, -0.2) is 0 Å². The predicted octanol–water partition coefficient (Wildman–Crippen LogP) is 0.569. The maximum Gasteiger partial charge on any atom is 0.112 e. The van der Waals surface area contributed by atoms with Crippen molar-refractivity contribution in [2.45, 2.75) is 40.0 Å². The molecule has 11 heavy (non-hydrogen) atoms. The zero-order valence-electron chi connectivity index (χ0n) is 8.09. The average molecular weight is 159 g/mol. The van der Waals surface area contributed by atoms with Crippen molar-refractivity contribution in [3.05, 3.63) is 0 Å². The summed E-state index contributed by atoms with van der Waals surface area (Å²) >= 11 is 0. The molecule has 0 spiro atoms. The van der Waals surface area contributed by atoms with E-state index in [4.69, 9.17) is 5.73 Å².